The van der Waals surface area contributed by atoms with Crippen molar-refractivity contribution in [2.45, 2.75) is 51.2 Å². The summed E-state index contributed by atoms with van der Waals surface area (Å²) in [5.74, 6) is 0.225. The molecule has 0 atom stereocenters. The van der Waals surface area contributed by atoms with E-state index in [0.717, 1.165) is 42.4 Å². The molecular formula is C17H22N2O2. The summed E-state index contributed by atoms with van der Waals surface area (Å²) in [4.78, 5) is 12.4. The van der Waals surface area contributed by atoms with Gasteiger partial charge in [0.2, 0.25) is 0 Å². The van der Waals surface area contributed by atoms with Gasteiger partial charge in [0, 0.05) is 25.5 Å². The van der Waals surface area contributed by atoms with Crippen LogP contribution in [0, 0.1) is 0 Å². The lowest BCUT2D eigenvalue weighted by molar-refractivity contribution is -0.131. The number of nitrogens with zero attached hydrogens (tertiary/aromatic N) is 2. The molecule has 4 heteroatoms. The highest BCUT2D eigenvalue weighted by atomic mass is 16.5. The van der Waals surface area contributed by atoms with E-state index in [4.69, 9.17) is 4.74 Å². The zero-order valence-electron chi connectivity index (χ0n) is 12.8. The molecule has 1 aromatic heterocycles. The van der Waals surface area contributed by atoms with E-state index in [9.17, 15) is 4.79 Å². The Bertz CT molecular complexity index is 650. The fourth-order valence-corrected chi connectivity index (χ4v) is 3.20. The summed E-state index contributed by atoms with van der Waals surface area (Å²) in [6.07, 6.45) is 4.07. The summed E-state index contributed by atoms with van der Waals surface area (Å²) < 4.78 is 7.52. The Labute approximate surface area is 125 Å². The summed E-state index contributed by atoms with van der Waals surface area (Å²) in [7, 11) is 1.72. The molecule has 112 valence electrons. The van der Waals surface area contributed by atoms with Crippen LogP contribution in [0.1, 0.15) is 38.3 Å². The number of ether oxygens (including phenoxy) is 1. The van der Waals surface area contributed by atoms with Gasteiger partial charge in [0.1, 0.15) is 5.78 Å². The van der Waals surface area contributed by atoms with Crippen molar-refractivity contribution in [3.63, 3.8) is 0 Å². The quantitative estimate of drug-likeness (QED) is 0.819. The van der Waals surface area contributed by atoms with Crippen molar-refractivity contribution in [2.75, 3.05) is 7.11 Å². The van der Waals surface area contributed by atoms with Gasteiger partial charge in [-0.1, -0.05) is 18.2 Å². The Hall–Kier alpha value is -1.68. The number of benzene rings is 1. The monoisotopic (exact) mass is 286 g/mol. The summed E-state index contributed by atoms with van der Waals surface area (Å²) in [6.45, 7) is 2.88. The van der Waals surface area contributed by atoms with Crippen molar-refractivity contribution >= 4 is 16.7 Å². The van der Waals surface area contributed by atoms with E-state index in [1.54, 1.807) is 7.11 Å². The number of methoxy groups -OCH3 is 1. The van der Waals surface area contributed by atoms with Gasteiger partial charge < -0.3 is 4.74 Å². The van der Waals surface area contributed by atoms with Gasteiger partial charge in [0.05, 0.1) is 23.2 Å². The largest absolute Gasteiger partial charge is 0.378 e. The molecule has 0 bridgehead atoms. The van der Waals surface area contributed by atoms with Gasteiger partial charge in [-0.25, -0.2) is 0 Å². The average Bonchev–Trinajstić information content (AvgIpc) is 2.81. The first kappa shape index (κ1) is 14.3. The number of carbonyl (C=O) groups excluding carboxylic acids is 1. The molecule has 1 fully saturated rings. The molecule has 0 unspecified atom stereocenters. The van der Waals surface area contributed by atoms with E-state index in [2.05, 4.69) is 18.1 Å². The maximum Gasteiger partial charge on any atom is 0.141 e. The summed E-state index contributed by atoms with van der Waals surface area (Å²) in [5.41, 5.74) is 1.80. The Morgan fingerprint density at radius 3 is 2.76 bits per heavy atom. The molecule has 1 heterocycles. The number of fused-ring (bicyclic) bond motifs is 1. The molecular weight excluding hydrogens is 264 g/mol. The highest BCUT2D eigenvalue weighted by molar-refractivity contribution is 5.89. The molecule has 2 aromatic rings. The Morgan fingerprint density at radius 2 is 2.14 bits per heavy atom. The van der Waals surface area contributed by atoms with Crippen LogP contribution in [-0.2, 0) is 22.5 Å². The number of para-hydroxylation sites is 1. The first-order valence-electron chi connectivity index (χ1n) is 7.69. The number of carbonyl (C=O) groups is 1. The molecule has 0 saturated heterocycles. The van der Waals surface area contributed by atoms with Crippen LogP contribution in [0.5, 0.6) is 0 Å². The molecule has 1 aliphatic carbocycles. The number of hydrogen-bond donors (Lipinski definition) is 0. The molecule has 4 nitrogen and oxygen atoms in total. The third kappa shape index (κ3) is 2.60. The smallest absolute Gasteiger partial charge is 0.141 e. The maximum atomic E-state index is 12.4. The standard InChI is InChI=1S/C17H22N2O2/c1-3-19-16-8-5-4-7-14(16)15(18-19)11-13(20)12-17(21-2)9-6-10-17/h4-5,7-8H,3,6,9-12H2,1-2H3. The van der Waals surface area contributed by atoms with E-state index < -0.39 is 0 Å². The molecule has 3 rings (SSSR count). The zero-order chi connectivity index (χ0) is 14.9. The summed E-state index contributed by atoms with van der Waals surface area (Å²) >= 11 is 0. The molecule has 1 saturated carbocycles. The summed E-state index contributed by atoms with van der Waals surface area (Å²) in [5, 5.41) is 5.69. The first-order chi connectivity index (χ1) is 10.2. The van der Waals surface area contributed by atoms with E-state index in [1.807, 2.05) is 22.9 Å². The van der Waals surface area contributed by atoms with E-state index in [1.165, 1.54) is 0 Å². The number of aromatic nitrogens is 2. The van der Waals surface area contributed by atoms with Gasteiger partial charge in [-0.3, -0.25) is 9.48 Å². The van der Waals surface area contributed by atoms with Gasteiger partial charge in [0.25, 0.3) is 0 Å². The van der Waals surface area contributed by atoms with Crippen molar-refractivity contribution in [2.24, 2.45) is 0 Å². The van der Waals surface area contributed by atoms with Crippen molar-refractivity contribution in [3.8, 4) is 0 Å². The molecule has 0 amide bonds. The second kappa shape index (κ2) is 5.60. The second-order valence-electron chi connectivity index (χ2n) is 5.91. The molecule has 0 aliphatic heterocycles. The third-order valence-electron chi connectivity index (χ3n) is 4.62. The molecule has 0 radical (unpaired) electrons. The average molecular weight is 286 g/mol. The Balaban J connectivity index is 1.80. The predicted octanol–water partition coefficient (Wildman–Crippen LogP) is 3.13. The first-order valence-corrected chi connectivity index (χ1v) is 7.69. The molecule has 1 aliphatic rings. The van der Waals surface area contributed by atoms with Gasteiger partial charge in [0.15, 0.2) is 0 Å². The molecule has 0 N–H and O–H groups in total. The van der Waals surface area contributed by atoms with Gasteiger partial charge >= 0.3 is 0 Å². The zero-order valence-corrected chi connectivity index (χ0v) is 12.8. The van der Waals surface area contributed by atoms with Crippen molar-refractivity contribution < 1.29 is 9.53 Å². The van der Waals surface area contributed by atoms with Gasteiger partial charge in [-0.05, 0) is 32.3 Å². The van der Waals surface area contributed by atoms with E-state index in [0.29, 0.717) is 12.8 Å². The predicted molar refractivity (Wildman–Crippen MR) is 82.3 cm³/mol. The van der Waals surface area contributed by atoms with Crippen molar-refractivity contribution in [3.05, 3.63) is 30.0 Å². The second-order valence-corrected chi connectivity index (χ2v) is 5.91. The number of rotatable bonds is 6. The lowest BCUT2D eigenvalue weighted by Gasteiger charge is -2.40. The van der Waals surface area contributed by atoms with Crippen LogP contribution in [0.3, 0.4) is 0 Å². The molecule has 1 aromatic carbocycles. The SMILES string of the molecule is CCn1nc(CC(=O)CC2(OC)CCC2)c2ccccc21. The fourth-order valence-electron chi connectivity index (χ4n) is 3.20. The topological polar surface area (TPSA) is 44.1 Å². The van der Waals surface area contributed by atoms with Crippen molar-refractivity contribution in [1.82, 2.24) is 9.78 Å². The van der Waals surface area contributed by atoms with E-state index in [-0.39, 0.29) is 11.4 Å². The Morgan fingerprint density at radius 1 is 1.38 bits per heavy atom. The van der Waals surface area contributed by atoms with Crippen LogP contribution in [-0.4, -0.2) is 28.3 Å². The van der Waals surface area contributed by atoms with Crippen LogP contribution >= 0.6 is 0 Å². The highest BCUT2D eigenvalue weighted by Crippen LogP contribution is 2.38. The fraction of sp³-hybridized carbons (Fsp3) is 0.529. The minimum absolute atomic E-state index is 0.194. The number of aryl methyl sites for hydroxylation is 1. The van der Waals surface area contributed by atoms with E-state index >= 15 is 0 Å². The van der Waals surface area contributed by atoms with Crippen LogP contribution in [0.15, 0.2) is 24.3 Å². The molecule has 0 spiro atoms. The normalized spacial score (nSPS) is 16.9. The summed E-state index contributed by atoms with van der Waals surface area (Å²) in [6, 6.07) is 8.12. The lowest BCUT2D eigenvalue weighted by Crippen LogP contribution is -2.41. The number of ketones is 1. The minimum Gasteiger partial charge on any atom is -0.378 e. The number of hydrogen-bond acceptors (Lipinski definition) is 3. The highest BCUT2D eigenvalue weighted by Gasteiger charge is 2.38. The van der Waals surface area contributed by atoms with Crippen LogP contribution in [0.4, 0.5) is 0 Å². The van der Waals surface area contributed by atoms with Crippen LogP contribution in [0.25, 0.3) is 10.9 Å². The minimum atomic E-state index is -0.194. The number of Topliss-reactive ketones (excluding diaryl/α,β-unsaturated/α-hetero) is 1. The van der Waals surface area contributed by atoms with Gasteiger partial charge in [-0.15, -0.1) is 0 Å². The third-order valence-corrected chi connectivity index (χ3v) is 4.62. The lowest BCUT2D eigenvalue weighted by atomic mass is 9.76. The Kier molecular flexibility index (Phi) is 3.81. The molecule has 21 heavy (non-hydrogen) atoms. The van der Waals surface area contributed by atoms with Gasteiger partial charge in [-0.2, -0.15) is 5.10 Å². The van der Waals surface area contributed by atoms with Crippen molar-refractivity contribution in [1.29, 1.82) is 0 Å². The van der Waals surface area contributed by atoms with Crippen LogP contribution < -0.4 is 0 Å². The van der Waals surface area contributed by atoms with Crippen LogP contribution in [0.2, 0.25) is 0 Å². The maximum absolute atomic E-state index is 12.4.